The van der Waals surface area contributed by atoms with E-state index >= 15 is 0 Å². The van der Waals surface area contributed by atoms with Crippen LogP contribution in [0.5, 0.6) is 11.5 Å². The van der Waals surface area contributed by atoms with Gasteiger partial charge in [-0.15, -0.1) is 0 Å². The Morgan fingerprint density at radius 1 is 1.14 bits per heavy atom. The van der Waals surface area contributed by atoms with Gasteiger partial charge >= 0.3 is 0 Å². The Kier molecular flexibility index (Phi) is 4.98. The summed E-state index contributed by atoms with van der Waals surface area (Å²) in [6, 6.07) is 7.22. The maximum atomic E-state index is 12.3. The van der Waals surface area contributed by atoms with Crippen molar-refractivity contribution < 1.29 is 14.3 Å². The zero-order chi connectivity index (χ0) is 16.3. The van der Waals surface area contributed by atoms with Crippen LogP contribution in [0.1, 0.15) is 11.4 Å². The molecule has 0 unspecified atom stereocenters. The second-order valence-corrected chi connectivity index (χ2v) is 5.34. The molecule has 1 amide bonds. The molecule has 1 aromatic heterocycles. The number of methoxy groups -OCH3 is 2. The molecule has 0 aliphatic carbocycles. The van der Waals surface area contributed by atoms with Gasteiger partial charge in [-0.3, -0.25) is 4.79 Å². The predicted octanol–water partition coefficient (Wildman–Crippen LogP) is 3.41. The largest absolute Gasteiger partial charge is 0.495 e. The summed E-state index contributed by atoms with van der Waals surface area (Å²) >= 11 is 6.05. The number of carbonyl (C=O) groups is 1. The summed E-state index contributed by atoms with van der Waals surface area (Å²) in [6.45, 7) is 4.16. The standard InChI is InChI=1S/C16H19ClN2O3/c1-10-5-6-11(2)19(10)9-16(20)18-13-8-14(21-3)12(17)7-15(13)22-4/h5-8H,9H2,1-4H3,(H,18,20). The van der Waals surface area contributed by atoms with E-state index in [0.29, 0.717) is 22.2 Å². The molecule has 0 saturated heterocycles. The van der Waals surface area contributed by atoms with E-state index in [-0.39, 0.29) is 12.5 Å². The minimum absolute atomic E-state index is 0.148. The van der Waals surface area contributed by atoms with E-state index in [9.17, 15) is 4.79 Å². The van der Waals surface area contributed by atoms with Crippen LogP contribution in [0.4, 0.5) is 5.69 Å². The van der Waals surface area contributed by atoms with Crippen molar-refractivity contribution >= 4 is 23.2 Å². The number of hydrogen-bond acceptors (Lipinski definition) is 3. The van der Waals surface area contributed by atoms with Crippen LogP contribution < -0.4 is 14.8 Å². The number of aryl methyl sites for hydroxylation is 2. The number of nitrogens with zero attached hydrogens (tertiary/aromatic N) is 1. The smallest absolute Gasteiger partial charge is 0.244 e. The van der Waals surface area contributed by atoms with Crippen LogP contribution in [-0.2, 0) is 11.3 Å². The number of amides is 1. The minimum Gasteiger partial charge on any atom is -0.495 e. The fraction of sp³-hybridized carbons (Fsp3) is 0.312. The lowest BCUT2D eigenvalue weighted by molar-refractivity contribution is -0.116. The van der Waals surface area contributed by atoms with Crippen LogP contribution in [0, 0.1) is 13.8 Å². The number of nitrogens with one attached hydrogen (secondary N) is 1. The van der Waals surface area contributed by atoms with Gasteiger partial charge < -0.3 is 19.4 Å². The third-order valence-electron chi connectivity index (χ3n) is 3.47. The SMILES string of the molecule is COc1cc(NC(=O)Cn2c(C)ccc2C)c(OC)cc1Cl. The first-order chi connectivity index (χ1) is 10.5. The highest BCUT2D eigenvalue weighted by Gasteiger charge is 2.13. The van der Waals surface area contributed by atoms with Crippen LogP contribution in [0.3, 0.4) is 0 Å². The summed E-state index contributed by atoms with van der Waals surface area (Å²) in [7, 11) is 3.04. The average molecular weight is 323 g/mol. The van der Waals surface area contributed by atoms with Crippen molar-refractivity contribution in [2.45, 2.75) is 20.4 Å². The summed E-state index contributed by atoms with van der Waals surface area (Å²) in [5.41, 5.74) is 2.60. The Bertz CT molecular complexity index is 675. The molecule has 0 aliphatic heterocycles. The molecule has 0 atom stereocenters. The van der Waals surface area contributed by atoms with E-state index in [0.717, 1.165) is 11.4 Å². The highest BCUT2D eigenvalue weighted by molar-refractivity contribution is 6.32. The Labute approximate surface area is 134 Å². The Balaban J connectivity index is 2.21. The van der Waals surface area contributed by atoms with Crippen molar-refractivity contribution in [3.05, 3.63) is 40.7 Å². The molecule has 0 radical (unpaired) electrons. The molecule has 0 fully saturated rings. The maximum absolute atomic E-state index is 12.3. The molecule has 6 heteroatoms. The normalized spacial score (nSPS) is 10.4. The molecule has 0 spiro atoms. The summed E-state index contributed by atoms with van der Waals surface area (Å²) in [5, 5.41) is 3.26. The number of anilines is 1. The molecule has 1 heterocycles. The number of aromatic nitrogens is 1. The molecule has 0 bridgehead atoms. The zero-order valence-electron chi connectivity index (χ0n) is 13.1. The first kappa shape index (κ1) is 16.2. The van der Waals surface area contributed by atoms with Crippen LogP contribution in [0.2, 0.25) is 5.02 Å². The fourth-order valence-corrected chi connectivity index (χ4v) is 2.47. The predicted molar refractivity (Wildman–Crippen MR) is 87.1 cm³/mol. The molecule has 1 aromatic carbocycles. The molecule has 118 valence electrons. The van der Waals surface area contributed by atoms with Crippen molar-refractivity contribution in [1.82, 2.24) is 4.57 Å². The molecule has 0 aliphatic rings. The van der Waals surface area contributed by atoms with Gasteiger partial charge in [-0.2, -0.15) is 0 Å². The Hall–Kier alpha value is -2.14. The van der Waals surface area contributed by atoms with E-state index < -0.39 is 0 Å². The second-order valence-electron chi connectivity index (χ2n) is 4.94. The van der Waals surface area contributed by atoms with Gasteiger partial charge in [0.05, 0.1) is 24.9 Å². The number of benzene rings is 1. The lowest BCUT2D eigenvalue weighted by Gasteiger charge is -2.14. The van der Waals surface area contributed by atoms with Crippen molar-refractivity contribution in [1.29, 1.82) is 0 Å². The number of halogens is 1. The van der Waals surface area contributed by atoms with Gasteiger partial charge in [0, 0.05) is 23.5 Å². The van der Waals surface area contributed by atoms with E-state index in [1.54, 1.807) is 12.1 Å². The average Bonchev–Trinajstić information content (AvgIpc) is 2.80. The van der Waals surface area contributed by atoms with E-state index in [1.807, 2.05) is 30.5 Å². The molecular weight excluding hydrogens is 304 g/mol. The molecule has 5 nitrogen and oxygen atoms in total. The molecule has 1 N–H and O–H groups in total. The second kappa shape index (κ2) is 6.75. The van der Waals surface area contributed by atoms with Crippen molar-refractivity contribution in [3.8, 4) is 11.5 Å². The molecule has 2 aromatic rings. The fourth-order valence-electron chi connectivity index (χ4n) is 2.24. The van der Waals surface area contributed by atoms with E-state index in [2.05, 4.69) is 5.32 Å². The Morgan fingerprint density at radius 3 is 2.27 bits per heavy atom. The monoisotopic (exact) mass is 322 g/mol. The molecule has 2 rings (SSSR count). The number of carbonyl (C=O) groups excluding carboxylic acids is 1. The van der Waals surface area contributed by atoms with Crippen LogP contribution >= 0.6 is 11.6 Å². The maximum Gasteiger partial charge on any atom is 0.244 e. The number of hydrogen-bond donors (Lipinski definition) is 1. The van der Waals surface area contributed by atoms with Crippen LogP contribution in [0.15, 0.2) is 24.3 Å². The first-order valence-electron chi connectivity index (χ1n) is 6.80. The summed E-state index contributed by atoms with van der Waals surface area (Å²) in [5.74, 6) is 0.816. The third kappa shape index (κ3) is 3.36. The number of ether oxygens (including phenoxy) is 2. The van der Waals surface area contributed by atoms with Gasteiger partial charge in [0.1, 0.15) is 18.0 Å². The van der Waals surface area contributed by atoms with E-state index in [1.165, 1.54) is 14.2 Å². The summed E-state index contributed by atoms with van der Waals surface area (Å²) in [6.07, 6.45) is 0. The third-order valence-corrected chi connectivity index (χ3v) is 3.76. The highest BCUT2D eigenvalue weighted by Crippen LogP contribution is 2.35. The van der Waals surface area contributed by atoms with Gasteiger partial charge in [-0.05, 0) is 26.0 Å². The lowest BCUT2D eigenvalue weighted by atomic mass is 10.2. The van der Waals surface area contributed by atoms with Crippen LogP contribution in [0.25, 0.3) is 0 Å². The van der Waals surface area contributed by atoms with Crippen molar-refractivity contribution in [2.75, 3.05) is 19.5 Å². The minimum atomic E-state index is -0.148. The van der Waals surface area contributed by atoms with Gasteiger partial charge in [-0.25, -0.2) is 0 Å². The van der Waals surface area contributed by atoms with Gasteiger partial charge in [-0.1, -0.05) is 11.6 Å². The quantitative estimate of drug-likeness (QED) is 0.917. The topological polar surface area (TPSA) is 52.5 Å². The van der Waals surface area contributed by atoms with Gasteiger partial charge in [0.25, 0.3) is 0 Å². The molecule has 22 heavy (non-hydrogen) atoms. The lowest BCUT2D eigenvalue weighted by Crippen LogP contribution is -2.20. The zero-order valence-corrected chi connectivity index (χ0v) is 13.8. The van der Waals surface area contributed by atoms with Crippen molar-refractivity contribution in [3.63, 3.8) is 0 Å². The van der Waals surface area contributed by atoms with Gasteiger partial charge in [0.15, 0.2) is 0 Å². The molecule has 0 saturated carbocycles. The van der Waals surface area contributed by atoms with Gasteiger partial charge in [0.2, 0.25) is 5.91 Å². The summed E-state index contributed by atoms with van der Waals surface area (Å²) in [4.78, 5) is 12.3. The first-order valence-corrected chi connectivity index (χ1v) is 7.18. The number of rotatable bonds is 5. The summed E-state index contributed by atoms with van der Waals surface area (Å²) < 4.78 is 12.4. The van der Waals surface area contributed by atoms with E-state index in [4.69, 9.17) is 21.1 Å². The molecular formula is C16H19ClN2O3. The Morgan fingerprint density at radius 2 is 1.73 bits per heavy atom. The van der Waals surface area contributed by atoms with Crippen molar-refractivity contribution in [2.24, 2.45) is 0 Å². The highest BCUT2D eigenvalue weighted by atomic mass is 35.5. The van der Waals surface area contributed by atoms with Crippen LogP contribution in [-0.4, -0.2) is 24.7 Å².